The summed E-state index contributed by atoms with van der Waals surface area (Å²) in [5, 5.41) is 17.1. The first-order chi connectivity index (χ1) is 17.1. The number of aliphatic carboxylic acids is 1. The van der Waals surface area contributed by atoms with E-state index in [-0.39, 0.29) is 12.5 Å². The van der Waals surface area contributed by atoms with Crippen molar-refractivity contribution in [3.05, 3.63) is 35.4 Å². The van der Waals surface area contributed by atoms with Crippen molar-refractivity contribution in [1.29, 1.82) is 0 Å². The molecule has 7 heteroatoms. The van der Waals surface area contributed by atoms with Crippen LogP contribution in [0.3, 0.4) is 0 Å². The topological polar surface area (TPSA) is 90.9 Å². The van der Waals surface area contributed by atoms with Crippen LogP contribution >= 0.6 is 0 Å². The molecule has 0 unspecified atom stereocenters. The summed E-state index contributed by atoms with van der Waals surface area (Å²) < 4.78 is 0. The molecular formula is C28H47N3O4. The van der Waals surface area contributed by atoms with Crippen LogP contribution in [0.25, 0.3) is 0 Å². The van der Waals surface area contributed by atoms with Gasteiger partial charge in [-0.05, 0) is 56.0 Å². The van der Waals surface area contributed by atoms with Crippen LogP contribution in [-0.4, -0.2) is 54.8 Å². The maximum Gasteiger partial charge on any atom is 0.331 e. The Morgan fingerprint density at radius 3 is 2.17 bits per heavy atom. The highest BCUT2D eigenvalue weighted by Gasteiger charge is 2.19. The minimum atomic E-state index is -0.977. The van der Waals surface area contributed by atoms with E-state index in [2.05, 4.69) is 17.6 Å². The highest BCUT2D eigenvalue weighted by atomic mass is 16.7. The maximum absolute atomic E-state index is 12.5. The summed E-state index contributed by atoms with van der Waals surface area (Å²) in [6.45, 7) is 5.80. The Kier molecular flexibility index (Phi) is 15.3. The molecule has 0 radical (unpaired) electrons. The number of piperidine rings is 1. The summed E-state index contributed by atoms with van der Waals surface area (Å²) in [6.07, 6.45) is 14.9. The lowest BCUT2D eigenvalue weighted by Gasteiger charge is -2.29. The van der Waals surface area contributed by atoms with Crippen molar-refractivity contribution in [3.8, 4) is 0 Å². The monoisotopic (exact) mass is 489 g/mol. The van der Waals surface area contributed by atoms with E-state index < -0.39 is 5.97 Å². The van der Waals surface area contributed by atoms with Gasteiger partial charge in [0, 0.05) is 25.2 Å². The first-order valence-electron chi connectivity index (χ1n) is 13.8. The lowest BCUT2D eigenvalue weighted by Crippen LogP contribution is -2.36. The highest BCUT2D eigenvalue weighted by molar-refractivity contribution is 5.94. The second kappa shape index (κ2) is 18.3. The molecule has 2 rings (SSSR count). The summed E-state index contributed by atoms with van der Waals surface area (Å²) in [4.78, 5) is 29.0. The number of hydrogen-bond acceptors (Lipinski definition) is 5. The molecule has 1 heterocycles. The average Bonchev–Trinajstić information content (AvgIpc) is 2.86. The standard InChI is InChI=1S/C28H47N3O4/c1-2-3-4-5-6-7-8-9-10-11-18-30-28(34)26-14-12-24(13-15-26)21-31(35-23-27(32)33)22-25-16-19-29-20-17-25/h12-15,25,29H,2-11,16-23H2,1H3,(H,30,34)(H,32,33). The minimum Gasteiger partial charge on any atom is -0.479 e. The van der Waals surface area contributed by atoms with E-state index in [9.17, 15) is 9.59 Å². The molecule has 7 nitrogen and oxygen atoms in total. The van der Waals surface area contributed by atoms with Crippen LogP contribution in [0, 0.1) is 5.92 Å². The molecule has 1 aromatic carbocycles. The van der Waals surface area contributed by atoms with Crippen molar-refractivity contribution in [2.45, 2.75) is 90.5 Å². The number of nitrogens with zero attached hydrogens (tertiary/aromatic N) is 1. The van der Waals surface area contributed by atoms with Gasteiger partial charge in [-0.3, -0.25) is 9.63 Å². The molecule has 1 aromatic rings. The van der Waals surface area contributed by atoms with Gasteiger partial charge in [0.2, 0.25) is 0 Å². The second-order valence-corrected chi connectivity index (χ2v) is 9.82. The van der Waals surface area contributed by atoms with Crippen LogP contribution < -0.4 is 10.6 Å². The predicted octanol–water partition coefficient (Wildman–Crippen LogP) is 5.16. The molecule has 0 aliphatic carbocycles. The number of carbonyl (C=O) groups is 2. The molecule has 0 spiro atoms. The minimum absolute atomic E-state index is 0.0406. The average molecular weight is 490 g/mol. The van der Waals surface area contributed by atoms with Gasteiger partial charge in [0.25, 0.3) is 5.91 Å². The zero-order chi connectivity index (χ0) is 25.1. The molecule has 0 aromatic heterocycles. The molecule has 0 bridgehead atoms. The number of carboxylic acid groups (broad SMARTS) is 1. The van der Waals surface area contributed by atoms with Gasteiger partial charge < -0.3 is 15.7 Å². The van der Waals surface area contributed by atoms with Gasteiger partial charge in [-0.1, -0.05) is 76.8 Å². The summed E-state index contributed by atoms with van der Waals surface area (Å²) in [7, 11) is 0. The molecule has 0 atom stereocenters. The van der Waals surface area contributed by atoms with Gasteiger partial charge in [-0.15, -0.1) is 0 Å². The largest absolute Gasteiger partial charge is 0.479 e. The normalized spacial score (nSPS) is 14.3. The quantitative estimate of drug-likeness (QED) is 0.184. The molecule has 1 fully saturated rings. The molecule has 1 aliphatic rings. The van der Waals surface area contributed by atoms with E-state index in [0.717, 1.165) is 44.3 Å². The van der Waals surface area contributed by atoms with Gasteiger partial charge in [0.1, 0.15) is 0 Å². The summed E-state index contributed by atoms with van der Waals surface area (Å²) in [6, 6.07) is 7.52. The number of hydroxylamine groups is 2. The molecule has 1 amide bonds. The fourth-order valence-electron chi connectivity index (χ4n) is 4.54. The Morgan fingerprint density at radius 2 is 1.57 bits per heavy atom. The van der Waals surface area contributed by atoms with Gasteiger partial charge in [-0.2, -0.15) is 5.06 Å². The van der Waals surface area contributed by atoms with Crippen molar-refractivity contribution >= 4 is 11.9 Å². The Morgan fingerprint density at radius 1 is 0.971 bits per heavy atom. The number of carbonyl (C=O) groups excluding carboxylic acids is 1. The number of amides is 1. The maximum atomic E-state index is 12.5. The number of nitrogens with one attached hydrogen (secondary N) is 2. The second-order valence-electron chi connectivity index (χ2n) is 9.82. The summed E-state index contributed by atoms with van der Waals surface area (Å²) >= 11 is 0. The molecule has 1 saturated heterocycles. The smallest absolute Gasteiger partial charge is 0.331 e. The van der Waals surface area contributed by atoms with Crippen LogP contribution in [0.4, 0.5) is 0 Å². The Hall–Kier alpha value is -1.96. The number of rotatable bonds is 19. The van der Waals surface area contributed by atoms with Crippen molar-refractivity contribution in [1.82, 2.24) is 15.7 Å². The summed E-state index contributed by atoms with van der Waals surface area (Å²) in [5.74, 6) is -0.531. The Labute approximate surface area is 211 Å². The zero-order valence-electron chi connectivity index (χ0n) is 21.7. The third kappa shape index (κ3) is 13.6. The van der Waals surface area contributed by atoms with Gasteiger partial charge >= 0.3 is 5.97 Å². The predicted molar refractivity (Wildman–Crippen MR) is 140 cm³/mol. The number of benzene rings is 1. The fraction of sp³-hybridized carbons (Fsp3) is 0.714. The lowest BCUT2D eigenvalue weighted by atomic mass is 9.98. The summed E-state index contributed by atoms with van der Waals surface area (Å²) in [5.41, 5.74) is 1.65. The van der Waals surface area contributed by atoms with E-state index in [1.807, 2.05) is 24.3 Å². The van der Waals surface area contributed by atoms with E-state index >= 15 is 0 Å². The SMILES string of the molecule is CCCCCCCCCCCCNC(=O)c1ccc(CN(CC2CCNCC2)OCC(=O)O)cc1. The molecule has 35 heavy (non-hydrogen) atoms. The number of carboxylic acids is 1. The van der Waals surface area contributed by atoms with Gasteiger partial charge in [0.05, 0.1) is 0 Å². The van der Waals surface area contributed by atoms with Crippen LogP contribution in [0.1, 0.15) is 99.9 Å². The van der Waals surface area contributed by atoms with Crippen LogP contribution in [0.15, 0.2) is 24.3 Å². The van der Waals surface area contributed by atoms with Crippen molar-refractivity contribution in [2.75, 3.05) is 32.8 Å². The van der Waals surface area contributed by atoms with Crippen molar-refractivity contribution in [3.63, 3.8) is 0 Å². The van der Waals surface area contributed by atoms with Crippen LogP contribution in [0.2, 0.25) is 0 Å². The highest BCUT2D eigenvalue weighted by Crippen LogP contribution is 2.16. The number of unbranched alkanes of at least 4 members (excludes halogenated alkanes) is 9. The number of hydrogen-bond donors (Lipinski definition) is 3. The Balaban J connectivity index is 1.65. The lowest BCUT2D eigenvalue weighted by molar-refractivity contribution is -0.190. The van der Waals surface area contributed by atoms with E-state index in [1.54, 1.807) is 5.06 Å². The van der Waals surface area contributed by atoms with Gasteiger partial charge in [-0.25, -0.2) is 4.79 Å². The fourth-order valence-corrected chi connectivity index (χ4v) is 4.54. The molecule has 0 saturated carbocycles. The molecular weight excluding hydrogens is 442 g/mol. The van der Waals surface area contributed by atoms with Crippen molar-refractivity contribution in [2.24, 2.45) is 5.92 Å². The van der Waals surface area contributed by atoms with E-state index in [4.69, 9.17) is 9.94 Å². The first-order valence-corrected chi connectivity index (χ1v) is 13.8. The van der Waals surface area contributed by atoms with Crippen molar-refractivity contribution < 1.29 is 19.5 Å². The van der Waals surface area contributed by atoms with E-state index in [0.29, 0.717) is 31.1 Å². The first kappa shape index (κ1) is 29.3. The van der Waals surface area contributed by atoms with E-state index in [1.165, 1.54) is 51.4 Å². The third-order valence-electron chi connectivity index (χ3n) is 6.68. The zero-order valence-corrected chi connectivity index (χ0v) is 21.7. The molecule has 3 N–H and O–H groups in total. The van der Waals surface area contributed by atoms with Crippen LogP contribution in [0.5, 0.6) is 0 Å². The van der Waals surface area contributed by atoms with Crippen LogP contribution in [-0.2, 0) is 16.2 Å². The third-order valence-corrected chi connectivity index (χ3v) is 6.68. The molecule has 198 valence electrons. The van der Waals surface area contributed by atoms with Gasteiger partial charge in [0.15, 0.2) is 6.61 Å². The molecule has 1 aliphatic heterocycles. The Bertz CT molecular complexity index is 705.